The Morgan fingerprint density at radius 1 is 0.846 bits per heavy atom. The fourth-order valence-electron chi connectivity index (χ4n) is 4.37. The molecule has 0 radical (unpaired) electrons. The summed E-state index contributed by atoms with van der Waals surface area (Å²) in [5.74, 6) is 0. The number of aromatic nitrogens is 2. The summed E-state index contributed by atoms with van der Waals surface area (Å²) in [6.45, 7) is 9.01. The lowest BCUT2D eigenvalue weighted by Crippen LogP contribution is -2.09. The summed E-state index contributed by atoms with van der Waals surface area (Å²) in [4.78, 5) is 9.32. The van der Waals surface area contributed by atoms with E-state index in [0.717, 1.165) is 17.5 Å². The Balaban J connectivity index is 2.03. The van der Waals surface area contributed by atoms with Crippen LogP contribution in [0.15, 0.2) is 48.8 Å². The molecular formula is C24H22N2. The summed E-state index contributed by atoms with van der Waals surface area (Å²) >= 11 is 0. The minimum atomic E-state index is 0.242. The van der Waals surface area contributed by atoms with Crippen LogP contribution in [0.1, 0.15) is 31.9 Å². The third-order valence-corrected chi connectivity index (χ3v) is 5.20. The van der Waals surface area contributed by atoms with Crippen LogP contribution in [0.3, 0.4) is 0 Å². The topological polar surface area (TPSA) is 25.8 Å². The monoisotopic (exact) mass is 338 g/mol. The fraction of sp³-hybridized carbons (Fsp3) is 0.250. The Hall–Kier alpha value is -2.74. The quantitative estimate of drug-likeness (QED) is 0.260. The highest BCUT2D eigenvalue weighted by atomic mass is 14.8. The molecule has 2 nitrogen and oxygen atoms in total. The van der Waals surface area contributed by atoms with Gasteiger partial charge in [0.15, 0.2) is 0 Å². The molecule has 0 bridgehead atoms. The van der Waals surface area contributed by atoms with Crippen molar-refractivity contribution in [1.29, 1.82) is 0 Å². The molecule has 0 N–H and O–H groups in total. The molecule has 26 heavy (non-hydrogen) atoms. The summed E-state index contributed by atoms with van der Waals surface area (Å²) in [5.41, 5.74) is 4.98. The average molecular weight is 338 g/mol. The van der Waals surface area contributed by atoms with Gasteiger partial charge in [0.1, 0.15) is 6.33 Å². The van der Waals surface area contributed by atoms with Crippen molar-refractivity contribution in [1.82, 2.24) is 9.97 Å². The molecule has 0 unspecified atom stereocenters. The van der Waals surface area contributed by atoms with Crippen molar-refractivity contribution in [3.8, 4) is 0 Å². The van der Waals surface area contributed by atoms with Gasteiger partial charge < -0.3 is 0 Å². The van der Waals surface area contributed by atoms with Gasteiger partial charge in [0.05, 0.1) is 11.0 Å². The highest BCUT2D eigenvalue weighted by Crippen LogP contribution is 2.40. The van der Waals surface area contributed by atoms with Gasteiger partial charge in [-0.25, -0.2) is 9.97 Å². The summed E-state index contributed by atoms with van der Waals surface area (Å²) in [6.07, 6.45) is 2.75. The maximum Gasteiger partial charge on any atom is 0.116 e. The van der Waals surface area contributed by atoms with E-state index in [4.69, 9.17) is 4.98 Å². The number of aryl methyl sites for hydroxylation is 1. The second kappa shape index (κ2) is 5.14. The first kappa shape index (κ1) is 15.5. The van der Waals surface area contributed by atoms with E-state index in [1.165, 1.54) is 43.4 Å². The molecule has 0 aliphatic carbocycles. The van der Waals surface area contributed by atoms with Crippen molar-refractivity contribution >= 4 is 43.4 Å². The molecule has 0 aliphatic heterocycles. The number of hydrogen-bond acceptors (Lipinski definition) is 2. The molecule has 0 spiro atoms. The maximum absolute atomic E-state index is 4.70. The Morgan fingerprint density at radius 2 is 1.69 bits per heavy atom. The Bertz CT molecular complexity index is 1290. The molecule has 2 heteroatoms. The van der Waals surface area contributed by atoms with Gasteiger partial charge in [-0.1, -0.05) is 51.1 Å². The number of hydrogen-bond donors (Lipinski definition) is 0. The molecule has 128 valence electrons. The van der Waals surface area contributed by atoms with E-state index in [-0.39, 0.29) is 5.41 Å². The van der Waals surface area contributed by atoms with E-state index in [9.17, 15) is 0 Å². The highest BCUT2D eigenvalue weighted by molar-refractivity contribution is 6.31. The molecular weight excluding hydrogens is 316 g/mol. The fourth-order valence-corrected chi connectivity index (χ4v) is 4.37. The summed E-state index contributed by atoms with van der Waals surface area (Å²) in [5, 5.41) is 7.62. The molecule has 5 aromatic rings. The highest BCUT2D eigenvalue weighted by Gasteiger charge is 2.17. The van der Waals surface area contributed by atoms with Gasteiger partial charge >= 0.3 is 0 Å². The van der Waals surface area contributed by atoms with Crippen molar-refractivity contribution in [3.05, 3.63) is 59.9 Å². The zero-order valence-corrected chi connectivity index (χ0v) is 15.7. The van der Waals surface area contributed by atoms with Crippen molar-refractivity contribution in [3.63, 3.8) is 0 Å². The molecule has 5 rings (SSSR count). The van der Waals surface area contributed by atoms with Crippen LogP contribution in [-0.2, 0) is 6.42 Å². The van der Waals surface area contributed by atoms with E-state index in [1.54, 1.807) is 6.33 Å². The van der Waals surface area contributed by atoms with Gasteiger partial charge in [-0.2, -0.15) is 0 Å². The first-order chi connectivity index (χ1) is 12.4. The van der Waals surface area contributed by atoms with Gasteiger partial charge in [0.2, 0.25) is 0 Å². The second-order valence-corrected chi connectivity index (χ2v) is 8.71. The number of rotatable bonds is 1. The molecule has 0 saturated carbocycles. The van der Waals surface area contributed by atoms with Crippen molar-refractivity contribution < 1.29 is 0 Å². The van der Waals surface area contributed by atoms with Crippen LogP contribution in [0.2, 0.25) is 0 Å². The van der Waals surface area contributed by atoms with Gasteiger partial charge in [-0.3, -0.25) is 0 Å². The zero-order valence-electron chi connectivity index (χ0n) is 15.7. The zero-order chi connectivity index (χ0) is 18.1. The molecule has 0 atom stereocenters. The standard InChI is InChI=1S/C24H22N2/c1-14-8-16-6-5-7-17-18-10-15(12-24(2,3)4)11-20-22(18)23(26-13-25-20)19(9-14)21(16)17/h5-11,13H,12H2,1-4H3. The lowest BCUT2D eigenvalue weighted by Gasteiger charge is -2.20. The number of fused-ring (bicyclic) bond motifs is 2. The molecule has 0 saturated heterocycles. The van der Waals surface area contributed by atoms with E-state index in [2.05, 4.69) is 75.1 Å². The molecule has 1 heterocycles. The lowest BCUT2D eigenvalue weighted by atomic mass is 9.85. The van der Waals surface area contributed by atoms with Crippen LogP contribution in [0, 0.1) is 12.3 Å². The predicted octanol–water partition coefficient (Wildman–Crippen LogP) is 6.42. The predicted molar refractivity (Wildman–Crippen MR) is 111 cm³/mol. The second-order valence-electron chi connectivity index (χ2n) is 8.71. The van der Waals surface area contributed by atoms with Gasteiger partial charge in [0, 0.05) is 10.8 Å². The Labute approximate surface area is 153 Å². The van der Waals surface area contributed by atoms with Crippen LogP contribution in [0.4, 0.5) is 0 Å². The first-order valence-electron chi connectivity index (χ1n) is 9.22. The lowest BCUT2D eigenvalue weighted by molar-refractivity contribution is 0.411. The third-order valence-electron chi connectivity index (χ3n) is 5.20. The van der Waals surface area contributed by atoms with E-state index < -0.39 is 0 Å². The SMILES string of the molecule is Cc1cc2cccc3c4cc(CC(C)(C)C)cc5ncnc(c(c1)c23)c54. The normalized spacial score (nSPS) is 12.8. The molecule has 4 aromatic carbocycles. The minimum absolute atomic E-state index is 0.242. The Morgan fingerprint density at radius 3 is 2.50 bits per heavy atom. The van der Waals surface area contributed by atoms with Crippen LogP contribution in [0.5, 0.6) is 0 Å². The molecule has 0 fully saturated rings. The van der Waals surface area contributed by atoms with E-state index in [0.29, 0.717) is 0 Å². The maximum atomic E-state index is 4.70. The first-order valence-corrected chi connectivity index (χ1v) is 9.22. The third kappa shape index (κ3) is 2.25. The summed E-state index contributed by atoms with van der Waals surface area (Å²) in [6, 6.07) is 15.8. The number of nitrogens with zero attached hydrogens (tertiary/aromatic N) is 2. The van der Waals surface area contributed by atoms with Crippen molar-refractivity contribution in [2.45, 2.75) is 34.1 Å². The van der Waals surface area contributed by atoms with Crippen molar-refractivity contribution in [2.24, 2.45) is 5.41 Å². The van der Waals surface area contributed by atoms with E-state index >= 15 is 0 Å². The summed E-state index contributed by atoms with van der Waals surface area (Å²) in [7, 11) is 0. The molecule has 0 aliphatic rings. The van der Waals surface area contributed by atoms with Crippen molar-refractivity contribution in [2.75, 3.05) is 0 Å². The van der Waals surface area contributed by atoms with E-state index in [1.807, 2.05) is 0 Å². The smallest absolute Gasteiger partial charge is 0.116 e. The Kier molecular flexibility index (Phi) is 3.06. The molecule has 1 aromatic heterocycles. The number of benzene rings is 4. The van der Waals surface area contributed by atoms with Crippen LogP contribution >= 0.6 is 0 Å². The largest absolute Gasteiger partial charge is 0.236 e. The average Bonchev–Trinajstić information content (AvgIpc) is 2.57. The van der Waals surface area contributed by atoms with Gasteiger partial charge in [-0.15, -0.1) is 0 Å². The minimum Gasteiger partial charge on any atom is -0.236 e. The van der Waals surface area contributed by atoms with Gasteiger partial charge in [0.25, 0.3) is 0 Å². The van der Waals surface area contributed by atoms with Gasteiger partial charge in [-0.05, 0) is 63.6 Å². The van der Waals surface area contributed by atoms with Crippen LogP contribution in [0.25, 0.3) is 43.4 Å². The summed E-state index contributed by atoms with van der Waals surface area (Å²) < 4.78 is 0. The molecule has 0 amide bonds. The van der Waals surface area contributed by atoms with Crippen LogP contribution in [-0.4, -0.2) is 9.97 Å². The van der Waals surface area contributed by atoms with Crippen LogP contribution < -0.4 is 0 Å².